The average Bonchev–Trinajstić information content (AvgIpc) is 3.07. The predicted octanol–water partition coefficient (Wildman–Crippen LogP) is 2.97. The van der Waals surface area contributed by atoms with Gasteiger partial charge in [0.15, 0.2) is 0 Å². The first-order valence-corrected chi connectivity index (χ1v) is 10.5. The molecule has 0 bridgehead atoms. The summed E-state index contributed by atoms with van der Waals surface area (Å²) in [6, 6.07) is 8.86. The van der Waals surface area contributed by atoms with E-state index < -0.39 is 23.6 Å². The molecule has 0 spiro atoms. The van der Waals surface area contributed by atoms with E-state index in [1.54, 1.807) is 6.07 Å². The number of nitrogens with zero attached hydrogens (tertiary/aromatic N) is 1. The summed E-state index contributed by atoms with van der Waals surface area (Å²) >= 11 is 5.79. The molecule has 0 aliphatic carbocycles. The molecule has 1 fully saturated rings. The maximum atomic E-state index is 15.0. The highest BCUT2D eigenvalue weighted by Gasteiger charge is 2.28. The van der Waals surface area contributed by atoms with Crippen molar-refractivity contribution in [3.63, 3.8) is 0 Å². The summed E-state index contributed by atoms with van der Waals surface area (Å²) < 4.78 is 34.9. The molecule has 176 valence electrons. The van der Waals surface area contributed by atoms with Gasteiger partial charge in [-0.05, 0) is 23.8 Å². The summed E-state index contributed by atoms with van der Waals surface area (Å²) in [5.41, 5.74) is 3.08. The van der Waals surface area contributed by atoms with Crippen LogP contribution >= 0.6 is 24.0 Å². The molecule has 0 radical (unpaired) electrons. The zero-order valence-corrected chi connectivity index (χ0v) is 18.9. The first kappa shape index (κ1) is 25.0. The van der Waals surface area contributed by atoms with Crippen molar-refractivity contribution >= 4 is 41.5 Å². The van der Waals surface area contributed by atoms with Gasteiger partial charge in [-0.15, -0.1) is 12.4 Å². The zero-order valence-electron chi connectivity index (χ0n) is 17.4. The van der Waals surface area contributed by atoms with E-state index in [1.165, 1.54) is 30.3 Å². The molecule has 4 rings (SSSR count). The number of carbonyl (C=O) groups is 2. The third kappa shape index (κ3) is 5.67. The Bertz CT molecular complexity index is 1080. The van der Waals surface area contributed by atoms with Gasteiger partial charge in [0.05, 0.1) is 35.4 Å². The first-order valence-electron chi connectivity index (χ1n) is 10.1. The number of carbonyl (C=O) groups excluding carboxylic acids is 2. The molecule has 11 heteroatoms. The first-order chi connectivity index (χ1) is 15.4. The molecule has 2 aliphatic rings. The Labute approximate surface area is 200 Å². The molecule has 2 aromatic rings. The number of rotatable bonds is 5. The second kappa shape index (κ2) is 11.0. The number of benzene rings is 2. The third-order valence-corrected chi connectivity index (χ3v) is 5.71. The van der Waals surface area contributed by atoms with Crippen LogP contribution in [0.1, 0.15) is 34.0 Å². The highest BCUT2D eigenvalue weighted by atomic mass is 35.5. The SMILES string of the molecule is Cl.O=C1CC(c2cccc(C(=O)NC[C@@H]3CNCCO[C@H]3c3ccc(Cl)c(F)c3)c2F)=NN1. The van der Waals surface area contributed by atoms with Gasteiger partial charge in [0, 0.05) is 31.1 Å². The lowest BCUT2D eigenvalue weighted by Crippen LogP contribution is -2.37. The van der Waals surface area contributed by atoms with Gasteiger partial charge in [-0.2, -0.15) is 5.10 Å². The van der Waals surface area contributed by atoms with E-state index in [1.807, 2.05) is 0 Å². The Kier molecular flexibility index (Phi) is 8.36. The Morgan fingerprint density at radius 1 is 1.27 bits per heavy atom. The summed E-state index contributed by atoms with van der Waals surface area (Å²) in [5.74, 6) is -2.46. The minimum atomic E-state index is -0.744. The molecule has 33 heavy (non-hydrogen) atoms. The number of hydrazone groups is 1. The lowest BCUT2D eigenvalue weighted by Gasteiger charge is -2.25. The molecule has 2 amide bonds. The second-order valence-corrected chi connectivity index (χ2v) is 7.98. The monoisotopic (exact) mass is 498 g/mol. The molecular formula is C22H22Cl2F2N4O3. The van der Waals surface area contributed by atoms with E-state index in [9.17, 15) is 18.4 Å². The van der Waals surface area contributed by atoms with Gasteiger partial charge in [-0.1, -0.05) is 29.8 Å². The van der Waals surface area contributed by atoms with Crippen molar-refractivity contribution in [2.75, 3.05) is 26.2 Å². The van der Waals surface area contributed by atoms with Crippen LogP contribution in [-0.2, 0) is 9.53 Å². The second-order valence-electron chi connectivity index (χ2n) is 7.58. The minimum absolute atomic E-state index is 0. The summed E-state index contributed by atoms with van der Waals surface area (Å²) in [4.78, 5) is 24.1. The highest BCUT2D eigenvalue weighted by molar-refractivity contribution is 6.30. The Morgan fingerprint density at radius 3 is 2.82 bits per heavy atom. The normalized spacial score (nSPS) is 20.3. The number of nitrogens with one attached hydrogen (secondary N) is 3. The molecule has 7 nitrogen and oxygen atoms in total. The zero-order chi connectivity index (χ0) is 22.7. The number of hydrogen-bond acceptors (Lipinski definition) is 5. The van der Waals surface area contributed by atoms with Gasteiger partial charge in [0.1, 0.15) is 11.6 Å². The van der Waals surface area contributed by atoms with Crippen LogP contribution in [0.5, 0.6) is 0 Å². The van der Waals surface area contributed by atoms with Crippen LogP contribution < -0.4 is 16.1 Å². The summed E-state index contributed by atoms with van der Waals surface area (Å²) in [6.07, 6.45) is -0.523. The molecule has 3 N–H and O–H groups in total. The van der Waals surface area contributed by atoms with Crippen LogP contribution in [0.25, 0.3) is 0 Å². The molecule has 0 saturated carbocycles. The minimum Gasteiger partial charge on any atom is -0.372 e. The number of ether oxygens (including phenoxy) is 1. The van der Waals surface area contributed by atoms with Gasteiger partial charge in [0.2, 0.25) is 5.91 Å². The average molecular weight is 499 g/mol. The number of hydrogen-bond donors (Lipinski definition) is 3. The van der Waals surface area contributed by atoms with Gasteiger partial charge in [0.25, 0.3) is 5.91 Å². The molecule has 1 saturated heterocycles. The van der Waals surface area contributed by atoms with E-state index >= 15 is 0 Å². The molecule has 2 aromatic carbocycles. The van der Waals surface area contributed by atoms with E-state index in [4.69, 9.17) is 16.3 Å². The largest absolute Gasteiger partial charge is 0.372 e. The quantitative estimate of drug-likeness (QED) is 0.590. The lowest BCUT2D eigenvalue weighted by atomic mass is 9.95. The van der Waals surface area contributed by atoms with Crippen molar-refractivity contribution in [2.24, 2.45) is 11.0 Å². The molecule has 0 unspecified atom stereocenters. The van der Waals surface area contributed by atoms with Crippen molar-refractivity contribution in [3.05, 3.63) is 69.7 Å². The van der Waals surface area contributed by atoms with Crippen molar-refractivity contribution in [3.8, 4) is 0 Å². The van der Waals surface area contributed by atoms with Crippen LogP contribution in [0.4, 0.5) is 8.78 Å². The third-order valence-electron chi connectivity index (χ3n) is 5.41. The topological polar surface area (TPSA) is 91.8 Å². The van der Waals surface area contributed by atoms with Crippen molar-refractivity contribution < 1.29 is 23.1 Å². The predicted molar refractivity (Wildman–Crippen MR) is 122 cm³/mol. The lowest BCUT2D eigenvalue weighted by molar-refractivity contribution is -0.119. The van der Waals surface area contributed by atoms with E-state index in [0.717, 1.165) is 0 Å². The van der Waals surface area contributed by atoms with Gasteiger partial charge in [-0.25, -0.2) is 14.2 Å². The Balaban J connectivity index is 0.00000306. The molecule has 2 heterocycles. The van der Waals surface area contributed by atoms with E-state index in [0.29, 0.717) is 25.3 Å². The molecule has 0 aromatic heterocycles. The molecular weight excluding hydrogens is 477 g/mol. The van der Waals surface area contributed by atoms with Crippen molar-refractivity contribution in [1.29, 1.82) is 0 Å². The van der Waals surface area contributed by atoms with E-state index in [-0.39, 0.29) is 59.1 Å². The van der Waals surface area contributed by atoms with Crippen LogP contribution in [-0.4, -0.2) is 43.8 Å². The van der Waals surface area contributed by atoms with Crippen molar-refractivity contribution in [2.45, 2.75) is 12.5 Å². The smallest absolute Gasteiger partial charge is 0.254 e. The van der Waals surface area contributed by atoms with Crippen LogP contribution in [0, 0.1) is 17.6 Å². The fourth-order valence-electron chi connectivity index (χ4n) is 3.79. The maximum absolute atomic E-state index is 15.0. The summed E-state index contributed by atoms with van der Waals surface area (Å²) in [6.45, 7) is 1.72. The van der Waals surface area contributed by atoms with Gasteiger partial charge < -0.3 is 15.4 Å². The molecule has 2 aliphatic heterocycles. The fourth-order valence-corrected chi connectivity index (χ4v) is 3.91. The Hall–Kier alpha value is -2.59. The van der Waals surface area contributed by atoms with Crippen LogP contribution in [0.3, 0.4) is 0 Å². The standard InChI is InChI=1S/C22H21ClF2N4O3.ClH/c23-16-5-4-12(8-17(16)24)21-13(10-26-6-7-32-21)11-27-22(31)15-3-1-2-14(20(15)25)18-9-19(30)29-28-18;/h1-5,8,13,21,26H,6-7,9-11H2,(H,27,31)(H,29,30);1H/t13-,21-;/m0./s1. The fraction of sp³-hybridized carbons (Fsp3) is 0.318. The van der Waals surface area contributed by atoms with Crippen LogP contribution in [0.2, 0.25) is 5.02 Å². The highest BCUT2D eigenvalue weighted by Crippen LogP contribution is 2.29. The van der Waals surface area contributed by atoms with Crippen molar-refractivity contribution in [1.82, 2.24) is 16.1 Å². The van der Waals surface area contributed by atoms with Gasteiger partial charge in [-0.3, -0.25) is 9.59 Å². The Morgan fingerprint density at radius 2 is 2.09 bits per heavy atom. The van der Waals surface area contributed by atoms with E-state index in [2.05, 4.69) is 21.2 Å². The summed E-state index contributed by atoms with van der Waals surface area (Å²) in [5, 5.41) is 9.81. The number of halogens is 4. The molecule has 2 atom stereocenters. The van der Waals surface area contributed by atoms with Gasteiger partial charge >= 0.3 is 0 Å². The van der Waals surface area contributed by atoms with Crippen LogP contribution in [0.15, 0.2) is 41.5 Å². The maximum Gasteiger partial charge on any atom is 0.254 e. The number of amides is 2. The summed E-state index contributed by atoms with van der Waals surface area (Å²) in [7, 11) is 0.